The molecule has 1 aromatic rings. The Balaban J connectivity index is 3.53. The van der Waals surface area contributed by atoms with E-state index in [1.807, 2.05) is 27.7 Å². The summed E-state index contributed by atoms with van der Waals surface area (Å²) in [6.07, 6.45) is 1.31. The molecule has 1 aromatic heterocycles. The predicted octanol–water partition coefficient (Wildman–Crippen LogP) is 3.17. The quantitative estimate of drug-likeness (QED) is 0.806. The van der Waals surface area contributed by atoms with Crippen molar-refractivity contribution in [2.45, 2.75) is 51.0 Å². The Morgan fingerprint density at radius 3 is 2.24 bits per heavy atom. The van der Waals surface area contributed by atoms with Crippen molar-refractivity contribution in [2.24, 2.45) is 0 Å². The second-order valence-electron chi connectivity index (χ2n) is 4.84. The maximum atomic E-state index is 11.5. The van der Waals surface area contributed by atoms with Gasteiger partial charge in [0.25, 0.3) is 9.05 Å². The highest BCUT2D eigenvalue weighted by Crippen LogP contribution is 2.32. The molecule has 1 heterocycles. The summed E-state index contributed by atoms with van der Waals surface area (Å²) in [5, 5.41) is 4.34. The molecule has 0 saturated heterocycles. The van der Waals surface area contributed by atoms with Crippen molar-refractivity contribution in [3.05, 3.63) is 10.8 Å². The second kappa shape index (κ2) is 4.78. The van der Waals surface area contributed by atoms with Crippen LogP contribution in [0.5, 0.6) is 0 Å². The molecule has 0 unspecified atom stereocenters. The summed E-state index contributed by atoms with van der Waals surface area (Å²) in [6, 6.07) is 0. The van der Waals surface area contributed by atoms with Crippen molar-refractivity contribution in [1.82, 2.24) is 9.78 Å². The highest BCUT2D eigenvalue weighted by Gasteiger charge is 2.29. The normalized spacial score (nSPS) is 13.1. The number of nitrogens with zero attached hydrogens (tertiary/aromatic N) is 2. The third-order valence-electron chi connectivity index (χ3n) is 2.22. The average molecular weight is 299 g/mol. The first-order valence-corrected chi connectivity index (χ1v) is 8.00. The lowest BCUT2D eigenvalue weighted by Gasteiger charge is -2.20. The van der Waals surface area contributed by atoms with Crippen molar-refractivity contribution in [3.63, 3.8) is 0 Å². The maximum absolute atomic E-state index is 11.5. The van der Waals surface area contributed by atoms with Gasteiger partial charge < -0.3 is 0 Å². The fourth-order valence-electron chi connectivity index (χ4n) is 1.51. The summed E-state index contributed by atoms with van der Waals surface area (Å²) in [6.45, 7) is 7.62. The molecule has 0 atom stereocenters. The van der Waals surface area contributed by atoms with Gasteiger partial charge in [0.05, 0.1) is 11.2 Å². The maximum Gasteiger partial charge on any atom is 0.266 e. The van der Waals surface area contributed by atoms with Gasteiger partial charge in [0.1, 0.15) is 10.0 Å². The van der Waals surface area contributed by atoms with Crippen LogP contribution >= 0.6 is 22.3 Å². The van der Waals surface area contributed by atoms with Gasteiger partial charge in [-0.2, -0.15) is 5.10 Å². The molecule has 0 bridgehead atoms. The molecular formula is C10H16Cl2N2O2S. The number of halogens is 2. The first-order valence-electron chi connectivity index (χ1n) is 5.31. The first kappa shape index (κ1) is 14.8. The van der Waals surface area contributed by atoms with E-state index in [2.05, 4.69) is 5.10 Å². The number of rotatable bonds is 3. The van der Waals surface area contributed by atoms with Gasteiger partial charge in [0, 0.05) is 10.7 Å². The van der Waals surface area contributed by atoms with Crippen LogP contribution < -0.4 is 0 Å². The molecule has 0 spiro atoms. The summed E-state index contributed by atoms with van der Waals surface area (Å²) < 4.78 is 24.5. The predicted molar refractivity (Wildman–Crippen MR) is 69.3 cm³/mol. The summed E-state index contributed by atoms with van der Waals surface area (Å²) in [5.41, 5.74) is 0.0433. The SMILES string of the molecule is CCCc1nn(C(C)(C)C)c(Cl)c1S(=O)(=O)Cl. The Hall–Kier alpha value is -0.260. The zero-order chi connectivity index (χ0) is 13.4. The molecule has 17 heavy (non-hydrogen) atoms. The highest BCUT2D eigenvalue weighted by atomic mass is 35.7. The lowest BCUT2D eigenvalue weighted by molar-refractivity contribution is 0.353. The van der Waals surface area contributed by atoms with E-state index in [1.165, 1.54) is 4.68 Å². The molecule has 0 saturated carbocycles. The number of hydrogen-bond donors (Lipinski definition) is 0. The van der Waals surface area contributed by atoms with E-state index in [4.69, 9.17) is 22.3 Å². The third kappa shape index (κ3) is 3.14. The summed E-state index contributed by atoms with van der Waals surface area (Å²) >= 11 is 6.07. The smallest absolute Gasteiger partial charge is 0.247 e. The van der Waals surface area contributed by atoms with E-state index in [9.17, 15) is 8.42 Å². The highest BCUT2D eigenvalue weighted by molar-refractivity contribution is 8.13. The molecule has 0 N–H and O–H groups in total. The summed E-state index contributed by atoms with van der Waals surface area (Å²) in [4.78, 5) is -0.0578. The van der Waals surface area contributed by atoms with E-state index in [1.54, 1.807) is 0 Å². The van der Waals surface area contributed by atoms with E-state index in [0.29, 0.717) is 12.1 Å². The zero-order valence-corrected chi connectivity index (χ0v) is 12.6. The Bertz CT molecular complexity index is 515. The molecule has 4 nitrogen and oxygen atoms in total. The van der Waals surface area contributed by atoms with Crippen molar-refractivity contribution < 1.29 is 8.42 Å². The molecule has 0 aromatic carbocycles. The Morgan fingerprint density at radius 2 is 1.88 bits per heavy atom. The molecule has 0 aliphatic rings. The van der Waals surface area contributed by atoms with Crippen LogP contribution in [-0.4, -0.2) is 18.2 Å². The van der Waals surface area contributed by atoms with Crippen LogP contribution in [0.1, 0.15) is 39.8 Å². The third-order valence-corrected chi connectivity index (χ3v) is 4.06. The fourth-order valence-corrected chi connectivity index (χ4v) is 3.53. The van der Waals surface area contributed by atoms with E-state index < -0.39 is 9.05 Å². The standard InChI is InChI=1S/C10H16Cl2N2O2S/c1-5-6-7-8(17(12,15)16)9(11)14(13-7)10(2,3)4/h5-6H2,1-4H3. The van der Waals surface area contributed by atoms with Crippen molar-refractivity contribution in [2.75, 3.05) is 0 Å². The Kier molecular flexibility index (Phi) is 4.16. The molecule has 0 amide bonds. The largest absolute Gasteiger partial charge is 0.266 e. The van der Waals surface area contributed by atoms with Gasteiger partial charge in [0.15, 0.2) is 0 Å². The van der Waals surface area contributed by atoms with Crippen LogP contribution in [0.3, 0.4) is 0 Å². The number of aromatic nitrogens is 2. The molecule has 1 rings (SSSR count). The van der Waals surface area contributed by atoms with E-state index in [0.717, 1.165) is 6.42 Å². The van der Waals surface area contributed by atoms with Crippen LogP contribution in [0.15, 0.2) is 4.90 Å². The van der Waals surface area contributed by atoms with Crippen LogP contribution in [0.2, 0.25) is 5.15 Å². The minimum Gasteiger partial charge on any atom is -0.247 e. The average Bonchev–Trinajstić information content (AvgIpc) is 2.41. The van der Waals surface area contributed by atoms with Crippen molar-refractivity contribution in [3.8, 4) is 0 Å². The molecule has 7 heteroatoms. The van der Waals surface area contributed by atoms with Crippen molar-refractivity contribution in [1.29, 1.82) is 0 Å². The topological polar surface area (TPSA) is 52.0 Å². The monoisotopic (exact) mass is 298 g/mol. The summed E-state index contributed by atoms with van der Waals surface area (Å²) in [7, 11) is 1.53. The van der Waals surface area contributed by atoms with Gasteiger partial charge in [-0.3, -0.25) is 0 Å². The molecule has 98 valence electrons. The second-order valence-corrected chi connectivity index (χ2v) is 7.70. The number of aryl methyl sites for hydroxylation is 1. The number of hydrogen-bond acceptors (Lipinski definition) is 3. The van der Waals surface area contributed by atoms with Gasteiger partial charge in [0.2, 0.25) is 0 Å². The summed E-state index contributed by atoms with van der Waals surface area (Å²) in [5.74, 6) is 0. The van der Waals surface area contributed by atoms with Gasteiger partial charge in [-0.25, -0.2) is 13.1 Å². The van der Waals surface area contributed by atoms with Gasteiger partial charge >= 0.3 is 0 Å². The van der Waals surface area contributed by atoms with Crippen molar-refractivity contribution >= 4 is 31.3 Å². The zero-order valence-electron chi connectivity index (χ0n) is 10.3. The van der Waals surface area contributed by atoms with Crippen LogP contribution in [0, 0.1) is 0 Å². The first-order chi connectivity index (χ1) is 7.59. The van der Waals surface area contributed by atoms with E-state index >= 15 is 0 Å². The minimum atomic E-state index is -3.87. The lowest BCUT2D eigenvalue weighted by atomic mass is 10.1. The minimum absolute atomic E-state index is 0.0578. The van der Waals surface area contributed by atoms with Crippen LogP contribution in [0.25, 0.3) is 0 Å². The Morgan fingerprint density at radius 1 is 1.35 bits per heavy atom. The fraction of sp³-hybridized carbons (Fsp3) is 0.700. The lowest BCUT2D eigenvalue weighted by Crippen LogP contribution is -2.23. The van der Waals surface area contributed by atoms with Crippen LogP contribution in [-0.2, 0) is 21.0 Å². The molecule has 0 fully saturated rings. The molecule has 0 aliphatic carbocycles. The van der Waals surface area contributed by atoms with Gasteiger partial charge in [-0.05, 0) is 27.2 Å². The molecular weight excluding hydrogens is 283 g/mol. The van der Waals surface area contributed by atoms with Crippen LogP contribution in [0.4, 0.5) is 0 Å². The van der Waals surface area contributed by atoms with Gasteiger partial charge in [-0.15, -0.1) is 0 Å². The molecule has 0 aliphatic heterocycles. The Labute approximate surface area is 111 Å². The van der Waals surface area contributed by atoms with Gasteiger partial charge in [-0.1, -0.05) is 24.9 Å². The molecule has 0 radical (unpaired) electrons. The van der Waals surface area contributed by atoms with E-state index in [-0.39, 0.29) is 15.6 Å².